The molecule has 0 saturated heterocycles. The molecule has 2 heterocycles. The minimum absolute atomic E-state index is 0.331. The Hall–Kier alpha value is -1.44. The summed E-state index contributed by atoms with van der Waals surface area (Å²) in [5.74, 6) is -0.331. The molecule has 0 saturated carbocycles. The Bertz CT molecular complexity index is 770. The summed E-state index contributed by atoms with van der Waals surface area (Å²) in [6, 6.07) is 4.99. The Labute approximate surface area is 125 Å². The van der Waals surface area contributed by atoms with Gasteiger partial charge >= 0.3 is 0 Å². The van der Waals surface area contributed by atoms with Crippen molar-refractivity contribution in [1.82, 2.24) is 8.75 Å². The van der Waals surface area contributed by atoms with Gasteiger partial charge in [0.15, 0.2) is 4.67 Å². The number of hydrogen-bond acceptors (Lipinski definition) is 5. The molecule has 0 radical (unpaired) electrons. The first-order valence-electron chi connectivity index (χ1n) is 5.12. The van der Waals surface area contributed by atoms with E-state index in [-0.39, 0.29) is 5.91 Å². The van der Waals surface area contributed by atoms with Gasteiger partial charge in [-0.2, -0.15) is 8.75 Å². The van der Waals surface area contributed by atoms with Gasteiger partial charge in [-0.1, -0.05) is 11.6 Å². The van der Waals surface area contributed by atoms with E-state index in [1.807, 2.05) is 0 Å². The van der Waals surface area contributed by atoms with Gasteiger partial charge < -0.3 is 9.73 Å². The molecule has 3 rings (SSSR count). The molecular weight excluding hydrogens is 354 g/mol. The van der Waals surface area contributed by atoms with Gasteiger partial charge in [0.2, 0.25) is 0 Å². The zero-order valence-corrected chi connectivity index (χ0v) is 12.3. The number of aromatic nitrogens is 2. The number of anilines is 1. The van der Waals surface area contributed by atoms with Crippen LogP contribution in [0.15, 0.2) is 33.5 Å². The van der Waals surface area contributed by atoms with Crippen LogP contribution in [-0.2, 0) is 0 Å². The first kappa shape index (κ1) is 12.6. The molecule has 0 aliphatic rings. The summed E-state index contributed by atoms with van der Waals surface area (Å²) < 4.78 is 13.6. The quantitative estimate of drug-likeness (QED) is 0.753. The van der Waals surface area contributed by atoms with E-state index in [9.17, 15) is 4.79 Å². The zero-order chi connectivity index (χ0) is 13.4. The van der Waals surface area contributed by atoms with Crippen LogP contribution in [-0.4, -0.2) is 14.7 Å². The average molecular weight is 359 g/mol. The van der Waals surface area contributed by atoms with Crippen LogP contribution in [0, 0.1) is 0 Å². The summed E-state index contributed by atoms with van der Waals surface area (Å²) in [6.07, 6.45) is 1.42. The van der Waals surface area contributed by atoms with Gasteiger partial charge in [0.25, 0.3) is 5.91 Å². The lowest BCUT2D eigenvalue weighted by atomic mass is 10.2. The molecule has 1 N–H and O–H groups in total. The summed E-state index contributed by atoms with van der Waals surface area (Å²) in [6.45, 7) is 0. The second kappa shape index (κ2) is 4.92. The van der Waals surface area contributed by atoms with Gasteiger partial charge in [-0.15, -0.1) is 0 Å². The van der Waals surface area contributed by atoms with Crippen molar-refractivity contribution in [2.75, 3.05) is 5.32 Å². The van der Waals surface area contributed by atoms with Crippen molar-refractivity contribution >= 4 is 61.9 Å². The SMILES string of the molecule is O=C(Nc1c(Cl)ccc2nsnc12)c1ccoc1Br. The predicted molar refractivity (Wildman–Crippen MR) is 76.8 cm³/mol. The molecule has 0 bridgehead atoms. The molecular formula is C11H5BrClN3O2S. The number of nitrogens with zero attached hydrogens (tertiary/aromatic N) is 2. The van der Waals surface area contributed by atoms with Crippen molar-refractivity contribution in [1.29, 1.82) is 0 Å². The lowest BCUT2D eigenvalue weighted by Gasteiger charge is -2.06. The minimum Gasteiger partial charge on any atom is -0.457 e. The van der Waals surface area contributed by atoms with Crippen molar-refractivity contribution in [3.63, 3.8) is 0 Å². The summed E-state index contributed by atoms with van der Waals surface area (Å²) in [5.41, 5.74) is 2.10. The van der Waals surface area contributed by atoms with Gasteiger partial charge in [0.05, 0.1) is 34.3 Å². The highest BCUT2D eigenvalue weighted by Gasteiger charge is 2.17. The average Bonchev–Trinajstić information content (AvgIpc) is 3.01. The van der Waals surface area contributed by atoms with Gasteiger partial charge in [0, 0.05) is 0 Å². The Kier molecular flexibility index (Phi) is 3.26. The molecule has 0 unspecified atom stereocenters. The molecule has 3 aromatic rings. The maximum atomic E-state index is 12.1. The van der Waals surface area contributed by atoms with Crippen molar-refractivity contribution in [2.24, 2.45) is 0 Å². The van der Waals surface area contributed by atoms with Crippen molar-refractivity contribution in [3.05, 3.63) is 39.7 Å². The summed E-state index contributed by atoms with van der Waals surface area (Å²) in [7, 11) is 0. The fourth-order valence-electron chi connectivity index (χ4n) is 1.58. The van der Waals surface area contributed by atoms with Crippen LogP contribution in [0.5, 0.6) is 0 Å². The van der Waals surface area contributed by atoms with Crippen LogP contribution in [0.3, 0.4) is 0 Å². The molecule has 5 nitrogen and oxygen atoms in total. The van der Waals surface area contributed by atoms with E-state index in [2.05, 4.69) is 30.0 Å². The first-order chi connectivity index (χ1) is 9.16. The highest BCUT2D eigenvalue weighted by molar-refractivity contribution is 9.10. The molecule has 0 atom stereocenters. The number of benzene rings is 1. The van der Waals surface area contributed by atoms with E-state index < -0.39 is 0 Å². The Morgan fingerprint density at radius 1 is 1.37 bits per heavy atom. The van der Waals surface area contributed by atoms with Gasteiger partial charge in [0.1, 0.15) is 11.0 Å². The van der Waals surface area contributed by atoms with E-state index in [1.165, 1.54) is 6.26 Å². The Morgan fingerprint density at radius 2 is 2.21 bits per heavy atom. The third-order valence-corrected chi connectivity index (χ3v) is 3.95. The second-order valence-corrected chi connectivity index (χ2v) is 5.27. The maximum Gasteiger partial charge on any atom is 0.260 e. The lowest BCUT2D eigenvalue weighted by Crippen LogP contribution is -2.12. The van der Waals surface area contributed by atoms with Crippen LogP contribution in [0.1, 0.15) is 10.4 Å². The number of hydrogen-bond donors (Lipinski definition) is 1. The minimum atomic E-state index is -0.331. The highest BCUT2D eigenvalue weighted by Crippen LogP contribution is 2.31. The third-order valence-electron chi connectivity index (χ3n) is 2.48. The number of halogens is 2. The van der Waals surface area contributed by atoms with E-state index in [0.717, 1.165) is 11.7 Å². The third kappa shape index (κ3) is 2.24. The van der Waals surface area contributed by atoms with Crippen molar-refractivity contribution in [2.45, 2.75) is 0 Å². The standard InChI is InChI=1S/C11H5BrClN3O2S/c12-10-5(3-4-18-10)11(17)14-8-6(13)1-2-7-9(8)16-19-15-7/h1-4H,(H,14,17). The largest absolute Gasteiger partial charge is 0.457 e. The number of amides is 1. The predicted octanol–water partition coefficient (Wildman–Crippen LogP) is 3.95. The van der Waals surface area contributed by atoms with Crippen LogP contribution < -0.4 is 5.32 Å². The highest BCUT2D eigenvalue weighted by atomic mass is 79.9. The summed E-state index contributed by atoms with van der Waals surface area (Å²) >= 11 is 10.3. The van der Waals surface area contributed by atoms with Crippen LogP contribution in [0.4, 0.5) is 5.69 Å². The second-order valence-electron chi connectivity index (χ2n) is 3.62. The Balaban J connectivity index is 2.02. The molecule has 1 amide bonds. The van der Waals surface area contributed by atoms with E-state index in [0.29, 0.717) is 32.0 Å². The lowest BCUT2D eigenvalue weighted by molar-refractivity contribution is 0.102. The number of furan rings is 1. The van der Waals surface area contributed by atoms with Crippen molar-refractivity contribution < 1.29 is 9.21 Å². The van der Waals surface area contributed by atoms with Crippen LogP contribution in [0.25, 0.3) is 11.0 Å². The fraction of sp³-hybridized carbons (Fsp3) is 0. The topological polar surface area (TPSA) is 68.0 Å². The summed E-state index contributed by atoms with van der Waals surface area (Å²) in [4.78, 5) is 12.1. The van der Waals surface area contributed by atoms with E-state index in [4.69, 9.17) is 16.0 Å². The molecule has 2 aromatic heterocycles. The Morgan fingerprint density at radius 3 is 2.95 bits per heavy atom. The van der Waals surface area contributed by atoms with E-state index in [1.54, 1.807) is 18.2 Å². The molecule has 96 valence electrons. The fourth-order valence-corrected chi connectivity index (χ4v) is 2.74. The summed E-state index contributed by atoms with van der Waals surface area (Å²) in [5, 5.41) is 3.14. The molecule has 19 heavy (non-hydrogen) atoms. The van der Waals surface area contributed by atoms with Crippen LogP contribution in [0.2, 0.25) is 5.02 Å². The molecule has 0 spiro atoms. The number of fused-ring (bicyclic) bond motifs is 1. The number of nitrogens with one attached hydrogen (secondary N) is 1. The number of carbonyl (C=O) groups excluding carboxylic acids is 1. The monoisotopic (exact) mass is 357 g/mol. The molecule has 0 aliphatic carbocycles. The molecule has 0 aliphatic heterocycles. The van der Waals surface area contributed by atoms with Crippen molar-refractivity contribution in [3.8, 4) is 0 Å². The smallest absolute Gasteiger partial charge is 0.260 e. The number of rotatable bonds is 2. The van der Waals surface area contributed by atoms with Gasteiger partial charge in [-0.25, -0.2) is 0 Å². The van der Waals surface area contributed by atoms with Gasteiger partial charge in [-0.3, -0.25) is 4.79 Å². The zero-order valence-electron chi connectivity index (χ0n) is 9.18. The molecule has 8 heteroatoms. The molecule has 1 aromatic carbocycles. The normalized spacial score (nSPS) is 10.8. The van der Waals surface area contributed by atoms with E-state index >= 15 is 0 Å². The van der Waals surface area contributed by atoms with Crippen LogP contribution >= 0.6 is 39.3 Å². The van der Waals surface area contributed by atoms with Gasteiger partial charge in [-0.05, 0) is 34.1 Å². The molecule has 0 fully saturated rings. The maximum absolute atomic E-state index is 12.1. The first-order valence-corrected chi connectivity index (χ1v) is 7.02. The number of carbonyl (C=O) groups is 1.